The molecule has 1 aliphatic heterocycles. The van der Waals surface area contributed by atoms with Crippen LogP contribution >= 0.6 is 24.0 Å². The highest BCUT2D eigenvalue weighted by atomic mass is 32.1. The summed E-state index contributed by atoms with van der Waals surface area (Å²) in [6.07, 6.45) is 3.74. The van der Waals surface area contributed by atoms with Crippen LogP contribution in [0.2, 0.25) is 0 Å². The zero-order valence-electron chi connectivity index (χ0n) is 8.68. The lowest BCUT2D eigenvalue weighted by Gasteiger charge is -1.97. The first-order valence-corrected chi connectivity index (χ1v) is 6.27. The minimum atomic E-state index is -0.0925. The van der Waals surface area contributed by atoms with Gasteiger partial charge < -0.3 is 4.98 Å². The van der Waals surface area contributed by atoms with Crippen molar-refractivity contribution in [1.82, 2.24) is 4.98 Å². The standard InChI is InChI=1S/C12H8N2OS2/c15-12-14-11(16)10(17-12)5-7-6-13-9-4-2-1-3-8(7)9/h1-6,16H,(H,14,15)/b7-5-. The lowest BCUT2D eigenvalue weighted by Crippen LogP contribution is -1.89. The van der Waals surface area contributed by atoms with E-state index >= 15 is 0 Å². The Balaban J connectivity index is 2.11. The van der Waals surface area contributed by atoms with E-state index in [1.807, 2.05) is 36.6 Å². The molecule has 1 aromatic heterocycles. The molecule has 0 unspecified atom stereocenters. The highest BCUT2D eigenvalue weighted by Gasteiger charge is 2.12. The summed E-state index contributed by atoms with van der Waals surface area (Å²) in [7, 11) is 0. The topological polar surface area (TPSA) is 45.2 Å². The van der Waals surface area contributed by atoms with E-state index in [-0.39, 0.29) is 4.87 Å². The molecule has 17 heavy (non-hydrogen) atoms. The molecule has 5 heteroatoms. The predicted octanol–water partition coefficient (Wildman–Crippen LogP) is 2.98. The number of nitrogens with one attached hydrogen (secondary N) is 1. The predicted molar refractivity (Wildman–Crippen MR) is 74.7 cm³/mol. The average molecular weight is 260 g/mol. The average Bonchev–Trinajstić information content (AvgIpc) is 2.85. The number of H-pyrrole nitrogens is 1. The van der Waals surface area contributed by atoms with Crippen molar-refractivity contribution < 1.29 is 0 Å². The molecule has 0 bridgehead atoms. The number of rotatable bonds is 1. The molecule has 0 atom stereocenters. The SMILES string of the molecule is O=c1[nH]c(S)c(/C=C2/C=Nc3ccccc32)s1. The number of thiazole rings is 1. The maximum Gasteiger partial charge on any atom is 0.305 e. The Morgan fingerprint density at radius 2 is 2.18 bits per heavy atom. The molecular weight excluding hydrogens is 252 g/mol. The zero-order chi connectivity index (χ0) is 11.8. The summed E-state index contributed by atoms with van der Waals surface area (Å²) in [6.45, 7) is 0. The van der Waals surface area contributed by atoms with Crippen LogP contribution < -0.4 is 4.87 Å². The van der Waals surface area contributed by atoms with Crippen LogP contribution in [0, 0.1) is 0 Å². The molecule has 84 valence electrons. The molecule has 0 aliphatic carbocycles. The minimum Gasteiger partial charge on any atom is -0.307 e. The molecule has 2 aromatic rings. The fraction of sp³-hybridized carbons (Fsp3) is 0. The highest BCUT2D eigenvalue weighted by Crippen LogP contribution is 2.33. The van der Waals surface area contributed by atoms with E-state index in [1.165, 1.54) is 0 Å². The van der Waals surface area contributed by atoms with E-state index in [1.54, 1.807) is 0 Å². The van der Waals surface area contributed by atoms with Crippen molar-refractivity contribution in [3.8, 4) is 0 Å². The number of allylic oxidation sites excluding steroid dienone is 1. The van der Waals surface area contributed by atoms with Gasteiger partial charge in [0.15, 0.2) is 0 Å². The smallest absolute Gasteiger partial charge is 0.305 e. The van der Waals surface area contributed by atoms with Crippen molar-refractivity contribution in [3.05, 3.63) is 44.4 Å². The van der Waals surface area contributed by atoms with Crippen LogP contribution in [0.15, 0.2) is 39.1 Å². The van der Waals surface area contributed by atoms with Gasteiger partial charge in [0.1, 0.15) is 0 Å². The van der Waals surface area contributed by atoms with Gasteiger partial charge in [0.2, 0.25) is 0 Å². The van der Waals surface area contributed by atoms with Gasteiger partial charge in [0.05, 0.1) is 15.6 Å². The van der Waals surface area contributed by atoms with E-state index in [0.29, 0.717) is 5.03 Å². The van der Waals surface area contributed by atoms with Gasteiger partial charge in [-0.3, -0.25) is 9.79 Å². The fourth-order valence-electron chi connectivity index (χ4n) is 1.73. The fourth-order valence-corrected chi connectivity index (χ4v) is 2.79. The molecule has 0 fully saturated rings. The van der Waals surface area contributed by atoms with E-state index in [0.717, 1.165) is 33.0 Å². The Morgan fingerprint density at radius 1 is 1.35 bits per heavy atom. The first kappa shape index (κ1) is 10.6. The van der Waals surface area contributed by atoms with E-state index < -0.39 is 0 Å². The molecule has 3 rings (SSSR count). The third-order valence-corrected chi connectivity index (χ3v) is 3.83. The molecule has 1 N–H and O–H groups in total. The molecule has 0 saturated carbocycles. The van der Waals surface area contributed by atoms with Gasteiger partial charge in [-0.2, -0.15) is 0 Å². The molecule has 0 spiro atoms. The Labute approximate surface area is 107 Å². The van der Waals surface area contributed by atoms with E-state index in [2.05, 4.69) is 22.6 Å². The first-order valence-electron chi connectivity index (χ1n) is 5.01. The number of thiol groups is 1. The van der Waals surface area contributed by atoms with Crippen LogP contribution in [0.5, 0.6) is 0 Å². The van der Waals surface area contributed by atoms with Crippen LogP contribution in [0.25, 0.3) is 11.6 Å². The monoisotopic (exact) mass is 260 g/mol. The lowest BCUT2D eigenvalue weighted by atomic mass is 10.1. The van der Waals surface area contributed by atoms with Crippen molar-refractivity contribution >= 4 is 47.5 Å². The number of nitrogens with zero attached hydrogens (tertiary/aromatic N) is 1. The summed E-state index contributed by atoms with van der Waals surface area (Å²) < 4.78 is 0. The molecule has 2 heterocycles. The third-order valence-electron chi connectivity index (χ3n) is 2.50. The number of aromatic nitrogens is 1. The van der Waals surface area contributed by atoms with Crippen molar-refractivity contribution in [2.75, 3.05) is 0 Å². The van der Waals surface area contributed by atoms with E-state index in [4.69, 9.17) is 0 Å². The number of hydrogen-bond acceptors (Lipinski definition) is 4. The number of hydrogen-bond donors (Lipinski definition) is 2. The molecule has 0 radical (unpaired) electrons. The third kappa shape index (κ3) is 1.87. The van der Waals surface area contributed by atoms with Gasteiger partial charge in [-0.25, -0.2) is 0 Å². The normalized spacial score (nSPS) is 15.5. The number of benzene rings is 1. The Bertz CT molecular complexity index is 695. The number of fused-ring (bicyclic) bond motifs is 1. The summed E-state index contributed by atoms with van der Waals surface area (Å²) >= 11 is 5.38. The summed E-state index contributed by atoms with van der Waals surface area (Å²) in [5.74, 6) is 0. The van der Waals surface area contributed by atoms with Gasteiger partial charge in [-0.05, 0) is 12.1 Å². The number of aromatic amines is 1. The second-order valence-electron chi connectivity index (χ2n) is 3.60. The molecule has 0 saturated heterocycles. The van der Waals surface area contributed by atoms with Crippen molar-refractivity contribution in [3.63, 3.8) is 0 Å². The van der Waals surface area contributed by atoms with Crippen molar-refractivity contribution in [1.29, 1.82) is 0 Å². The Hall–Kier alpha value is -1.59. The van der Waals surface area contributed by atoms with E-state index in [9.17, 15) is 4.79 Å². The van der Waals surface area contributed by atoms with Crippen LogP contribution in [0.3, 0.4) is 0 Å². The lowest BCUT2D eigenvalue weighted by molar-refractivity contribution is 1.16. The highest BCUT2D eigenvalue weighted by molar-refractivity contribution is 7.80. The second-order valence-corrected chi connectivity index (χ2v) is 5.06. The first-order chi connectivity index (χ1) is 8.24. The Morgan fingerprint density at radius 3 is 2.94 bits per heavy atom. The number of aliphatic imine (C=N–C) groups is 1. The molecule has 1 aromatic carbocycles. The maximum atomic E-state index is 11.2. The van der Waals surface area contributed by atoms with Crippen LogP contribution in [0.4, 0.5) is 5.69 Å². The summed E-state index contributed by atoms with van der Waals surface area (Å²) in [4.78, 5) is 18.9. The van der Waals surface area contributed by atoms with Gasteiger partial charge in [0, 0.05) is 17.4 Å². The molecule has 1 aliphatic rings. The summed E-state index contributed by atoms with van der Waals surface area (Å²) in [5, 5.41) is 0.602. The Kier molecular flexibility index (Phi) is 2.49. The van der Waals surface area contributed by atoms with Crippen LogP contribution in [-0.4, -0.2) is 11.2 Å². The second kappa shape index (κ2) is 4.01. The molecule has 3 nitrogen and oxygen atoms in total. The van der Waals surface area contributed by atoms with Crippen molar-refractivity contribution in [2.45, 2.75) is 5.03 Å². The van der Waals surface area contributed by atoms with Gasteiger partial charge >= 0.3 is 4.87 Å². The molecule has 0 amide bonds. The van der Waals surface area contributed by atoms with Crippen molar-refractivity contribution in [2.24, 2.45) is 4.99 Å². The zero-order valence-corrected chi connectivity index (χ0v) is 10.4. The quantitative estimate of drug-likeness (QED) is 0.761. The minimum absolute atomic E-state index is 0.0925. The van der Waals surface area contributed by atoms with Gasteiger partial charge in [-0.1, -0.05) is 29.5 Å². The van der Waals surface area contributed by atoms with Gasteiger partial charge in [0.25, 0.3) is 0 Å². The maximum absolute atomic E-state index is 11.2. The van der Waals surface area contributed by atoms with Crippen LogP contribution in [0.1, 0.15) is 10.4 Å². The largest absolute Gasteiger partial charge is 0.307 e. The summed E-state index contributed by atoms with van der Waals surface area (Å²) in [5.41, 5.74) is 3.05. The summed E-state index contributed by atoms with van der Waals surface area (Å²) in [6, 6.07) is 7.91. The van der Waals surface area contributed by atoms with Gasteiger partial charge in [-0.15, -0.1) is 12.6 Å². The number of para-hydroxylation sites is 1. The van der Waals surface area contributed by atoms with Crippen LogP contribution in [-0.2, 0) is 0 Å². The molecular formula is C12H8N2OS2.